The molecule has 3 aromatic heterocycles. The first-order chi connectivity index (χ1) is 20.0. The highest BCUT2D eigenvalue weighted by Gasteiger charge is 2.46. The molecule has 6 rings (SSSR count). The summed E-state index contributed by atoms with van der Waals surface area (Å²) in [6, 6.07) is 4.56. The highest BCUT2D eigenvalue weighted by Crippen LogP contribution is 2.38. The van der Waals surface area contributed by atoms with E-state index in [9.17, 15) is 23.4 Å². The van der Waals surface area contributed by atoms with Crippen LogP contribution in [0.3, 0.4) is 0 Å². The van der Waals surface area contributed by atoms with Gasteiger partial charge in [0.15, 0.2) is 17.7 Å². The molecular weight excluding hydrogens is 557 g/mol. The Morgan fingerprint density at radius 1 is 1.19 bits per heavy atom. The number of aromatic nitrogens is 6. The van der Waals surface area contributed by atoms with E-state index in [-0.39, 0.29) is 17.6 Å². The molecule has 0 spiro atoms. The zero-order valence-electron chi connectivity index (χ0n) is 23.1. The van der Waals surface area contributed by atoms with Crippen LogP contribution >= 0.6 is 0 Å². The van der Waals surface area contributed by atoms with Crippen molar-refractivity contribution in [2.24, 2.45) is 5.92 Å². The Morgan fingerprint density at radius 3 is 2.71 bits per heavy atom. The van der Waals surface area contributed by atoms with Gasteiger partial charge in [0, 0.05) is 31.1 Å². The Balaban J connectivity index is 1.04. The van der Waals surface area contributed by atoms with Crippen molar-refractivity contribution >= 4 is 28.0 Å². The lowest BCUT2D eigenvalue weighted by Gasteiger charge is -2.46. The first kappa shape index (κ1) is 28.6. The van der Waals surface area contributed by atoms with Crippen LogP contribution in [0.15, 0.2) is 30.9 Å². The molecule has 12 nitrogen and oxygen atoms in total. The van der Waals surface area contributed by atoms with Gasteiger partial charge < -0.3 is 30.4 Å². The fraction of sp³-hybridized carbons (Fsp3) is 0.556. The van der Waals surface area contributed by atoms with E-state index >= 15 is 0 Å². The molecule has 226 valence electrons. The lowest BCUT2D eigenvalue weighted by atomic mass is 9.76. The van der Waals surface area contributed by atoms with Gasteiger partial charge in [-0.05, 0) is 51.2 Å². The van der Waals surface area contributed by atoms with E-state index in [1.54, 1.807) is 4.57 Å². The van der Waals surface area contributed by atoms with Crippen molar-refractivity contribution in [3.05, 3.63) is 36.7 Å². The van der Waals surface area contributed by atoms with Gasteiger partial charge in [-0.2, -0.15) is 0 Å². The first-order valence-corrected chi connectivity index (χ1v) is 13.9. The summed E-state index contributed by atoms with van der Waals surface area (Å²) in [5.41, 5.74) is 7.80. The Labute approximate surface area is 238 Å². The summed E-state index contributed by atoms with van der Waals surface area (Å²) in [6.07, 6.45) is -2.24. The maximum Gasteiger partial charge on any atom is 0.573 e. The van der Waals surface area contributed by atoms with Crippen molar-refractivity contribution in [2.45, 2.75) is 82.5 Å². The number of hydrogen-bond acceptors (Lipinski definition) is 10. The van der Waals surface area contributed by atoms with Crippen LogP contribution in [0.25, 0.3) is 22.2 Å². The summed E-state index contributed by atoms with van der Waals surface area (Å²) in [5, 5.41) is 21.7. The van der Waals surface area contributed by atoms with Gasteiger partial charge in [0.2, 0.25) is 0 Å². The van der Waals surface area contributed by atoms with E-state index in [0.717, 1.165) is 25.1 Å². The normalized spacial score (nSPS) is 26.5. The number of hydrogen-bond donors (Lipinski definition) is 4. The lowest BCUT2D eigenvalue weighted by Crippen LogP contribution is -2.52. The lowest BCUT2D eigenvalue weighted by molar-refractivity contribution is -0.274. The average molecular weight is 591 g/mol. The molecule has 4 heterocycles. The SMILES string of the molecule is CC(C)N(C[C@H]1O[C@@H](n2cnc3c(N)ncnc32)[C@@H](O)[C@H]1O)C1CC(CCc2nc3cc(OC(F)(F)F)ccc3[nH]2)C1. The van der Waals surface area contributed by atoms with Crippen molar-refractivity contribution in [2.75, 3.05) is 12.3 Å². The van der Waals surface area contributed by atoms with E-state index in [4.69, 9.17) is 10.5 Å². The van der Waals surface area contributed by atoms with Crippen LogP contribution in [0.1, 0.15) is 45.2 Å². The Morgan fingerprint density at radius 2 is 1.98 bits per heavy atom. The molecule has 4 aromatic rings. The minimum Gasteiger partial charge on any atom is -0.406 e. The average Bonchev–Trinajstić information content (AvgIpc) is 3.58. The molecule has 0 unspecified atom stereocenters. The molecule has 1 saturated carbocycles. The number of anilines is 1. The molecule has 0 radical (unpaired) electrons. The van der Waals surface area contributed by atoms with Gasteiger partial charge in [0.25, 0.3) is 0 Å². The van der Waals surface area contributed by atoms with Gasteiger partial charge in [0.05, 0.1) is 17.4 Å². The summed E-state index contributed by atoms with van der Waals surface area (Å²) in [7, 11) is 0. The van der Waals surface area contributed by atoms with Crippen LogP contribution in [0.2, 0.25) is 0 Å². The van der Waals surface area contributed by atoms with Gasteiger partial charge in [-0.3, -0.25) is 9.47 Å². The molecule has 2 fully saturated rings. The molecular formula is C27H33F3N8O4. The van der Waals surface area contributed by atoms with E-state index in [0.29, 0.717) is 47.1 Å². The molecule has 2 aliphatic rings. The largest absolute Gasteiger partial charge is 0.573 e. The van der Waals surface area contributed by atoms with Gasteiger partial charge in [-0.25, -0.2) is 19.9 Å². The number of nitrogens with two attached hydrogens (primary N) is 1. The number of ether oxygens (including phenoxy) is 2. The highest BCUT2D eigenvalue weighted by molar-refractivity contribution is 5.81. The monoisotopic (exact) mass is 590 g/mol. The molecule has 1 saturated heterocycles. The minimum atomic E-state index is -4.75. The summed E-state index contributed by atoms with van der Waals surface area (Å²) in [5.74, 6) is 1.11. The topological polar surface area (TPSA) is 160 Å². The molecule has 5 N–H and O–H groups in total. The van der Waals surface area contributed by atoms with E-state index < -0.39 is 30.9 Å². The molecule has 15 heteroatoms. The van der Waals surface area contributed by atoms with Crippen molar-refractivity contribution in [1.82, 2.24) is 34.4 Å². The van der Waals surface area contributed by atoms with E-state index in [1.807, 2.05) is 0 Å². The van der Waals surface area contributed by atoms with Crippen LogP contribution in [0.5, 0.6) is 5.75 Å². The summed E-state index contributed by atoms with van der Waals surface area (Å²) >= 11 is 0. The Hall–Kier alpha value is -3.53. The Bertz CT molecular complexity index is 1550. The van der Waals surface area contributed by atoms with E-state index in [2.05, 4.69) is 48.4 Å². The summed E-state index contributed by atoms with van der Waals surface area (Å²) in [4.78, 5) is 22.3. The van der Waals surface area contributed by atoms with Crippen LogP contribution in [-0.4, -0.2) is 87.9 Å². The van der Waals surface area contributed by atoms with Crippen LogP contribution in [0, 0.1) is 5.92 Å². The van der Waals surface area contributed by atoms with E-state index in [1.165, 1.54) is 30.9 Å². The number of aryl methyl sites for hydroxylation is 1. The number of imidazole rings is 2. The number of aromatic amines is 1. The number of aliphatic hydroxyl groups excluding tert-OH is 2. The highest BCUT2D eigenvalue weighted by atomic mass is 19.4. The number of nitrogens with zero attached hydrogens (tertiary/aromatic N) is 6. The fourth-order valence-electron chi connectivity index (χ4n) is 6.06. The molecule has 42 heavy (non-hydrogen) atoms. The molecule has 0 bridgehead atoms. The number of benzene rings is 1. The number of rotatable bonds is 9. The molecule has 0 amide bonds. The number of aliphatic hydroxyl groups is 2. The maximum absolute atomic E-state index is 12.5. The van der Waals surface area contributed by atoms with Crippen LogP contribution < -0.4 is 10.5 Å². The zero-order chi connectivity index (χ0) is 29.8. The standard InChI is InChI=1S/C27H33F3N8O4/c1-13(2)37(10-19-22(39)23(40)26(41-19)38-12-34-21-24(31)32-11-33-25(21)38)15-7-14(8-15)3-6-20-35-17-5-4-16(9-18(17)36-20)42-27(28,29)30/h4-5,9,11-15,19,22-23,26,39-40H,3,6-8,10H2,1-2H3,(H,35,36)(H2,31,32,33)/t14?,15?,19-,22+,23+,26-/m1/s1. The van der Waals surface area contributed by atoms with Gasteiger partial charge in [-0.15, -0.1) is 13.2 Å². The van der Waals surface area contributed by atoms with Crippen molar-refractivity contribution in [1.29, 1.82) is 0 Å². The van der Waals surface area contributed by atoms with Crippen molar-refractivity contribution in [3.63, 3.8) is 0 Å². The quantitative estimate of drug-likeness (QED) is 0.228. The van der Waals surface area contributed by atoms with Crippen molar-refractivity contribution < 1.29 is 32.9 Å². The molecule has 1 aromatic carbocycles. The molecule has 1 aliphatic heterocycles. The number of fused-ring (bicyclic) bond motifs is 2. The van der Waals surface area contributed by atoms with Gasteiger partial charge in [0.1, 0.15) is 41.7 Å². The van der Waals surface area contributed by atoms with Gasteiger partial charge >= 0.3 is 6.36 Å². The fourth-order valence-corrected chi connectivity index (χ4v) is 6.06. The molecule has 1 aliphatic carbocycles. The second kappa shape index (κ2) is 10.9. The van der Waals surface area contributed by atoms with Crippen LogP contribution in [0.4, 0.5) is 19.0 Å². The number of halogens is 3. The minimum absolute atomic E-state index is 0.188. The second-order valence-electron chi connectivity index (χ2n) is 11.4. The summed E-state index contributed by atoms with van der Waals surface area (Å²) in [6.45, 7) is 4.63. The predicted octanol–water partition coefficient (Wildman–Crippen LogP) is 2.92. The zero-order valence-corrected chi connectivity index (χ0v) is 23.1. The number of nitrogen functional groups attached to an aromatic ring is 1. The number of H-pyrrole nitrogens is 1. The third-order valence-electron chi connectivity index (χ3n) is 8.26. The van der Waals surface area contributed by atoms with Gasteiger partial charge in [-0.1, -0.05) is 0 Å². The number of nitrogens with one attached hydrogen (secondary N) is 1. The van der Waals surface area contributed by atoms with Crippen LogP contribution in [-0.2, 0) is 11.2 Å². The predicted molar refractivity (Wildman–Crippen MR) is 145 cm³/mol. The summed E-state index contributed by atoms with van der Waals surface area (Å²) < 4.78 is 49.3. The first-order valence-electron chi connectivity index (χ1n) is 13.9. The Kier molecular flexibility index (Phi) is 7.45. The maximum atomic E-state index is 12.5. The molecule has 4 atom stereocenters. The number of alkyl halides is 3. The third kappa shape index (κ3) is 5.61. The smallest absolute Gasteiger partial charge is 0.406 e. The third-order valence-corrected chi connectivity index (χ3v) is 8.26. The second-order valence-corrected chi connectivity index (χ2v) is 11.4. The van der Waals surface area contributed by atoms with Crippen molar-refractivity contribution in [3.8, 4) is 5.75 Å².